The number of anilines is 1. The molecule has 1 aromatic heterocycles. The van der Waals surface area contributed by atoms with Crippen LogP contribution in [-0.2, 0) is 4.74 Å². The van der Waals surface area contributed by atoms with Crippen LogP contribution in [0.25, 0.3) is 0 Å². The zero-order valence-electron chi connectivity index (χ0n) is 9.18. The van der Waals surface area contributed by atoms with Gasteiger partial charge in [-0.15, -0.1) is 5.10 Å². The molecule has 3 N–H and O–H groups in total. The number of amidine groups is 1. The highest BCUT2D eigenvalue weighted by Gasteiger charge is 2.23. The molecule has 6 heteroatoms. The third kappa shape index (κ3) is 1.96. The van der Waals surface area contributed by atoms with Gasteiger partial charge in [0.25, 0.3) is 0 Å². The SMILES string of the molecule is CC1COCCN1c1nnccc1C(=N)N. The van der Waals surface area contributed by atoms with Gasteiger partial charge in [-0.05, 0) is 13.0 Å². The van der Waals surface area contributed by atoms with E-state index in [1.54, 1.807) is 12.3 Å². The molecule has 1 aliphatic rings. The van der Waals surface area contributed by atoms with E-state index < -0.39 is 0 Å². The molecule has 0 aromatic carbocycles. The quantitative estimate of drug-likeness (QED) is 0.541. The average molecular weight is 221 g/mol. The summed E-state index contributed by atoms with van der Waals surface area (Å²) >= 11 is 0. The van der Waals surface area contributed by atoms with Crippen LogP contribution in [0.5, 0.6) is 0 Å². The first-order valence-electron chi connectivity index (χ1n) is 5.20. The third-order valence-electron chi connectivity index (χ3n) is 2.63. The lowest BCUT2D eigenvalue weighted by Crippen LogP contribution is -2.45. The summed E-state index contributed by atoms with van der Waals surface area (Å²) < 4.78 is 5.36. The van der Waals surface area contributed by atoms with E-state index in [2.05, 4.69) is 22.0 Å². The molecule has 0 radical (unpaired) electrons. The number of nitrogens with zero attached hydrogens (tertiary/aromatic N) is 3. The Labute approximate surface area is 93.9 Å². The molecule has 0 bridgehead atoms. The van der Waals surface area contributed by atoms with Crippen LogP contribution in [0.2, 0.25) is 0 Å². The molecule has 2 heterocycles. The van der Waals surface area contributed by atoms with Crippen LogP contribution >= 0.6 is 0 Å². The molecule has 1 atom stereocenters. The highest BCUT2D eigenvalue weighted by Crippen LogP contribution is 2.20. The van der Waals surface area contributed by atoms with E-state index in [9.17, 15) is 0 Å². The maximum Gasteiger partial charge on any atom is 0.162 e. The predicted molar refractivity (Wildman–Crippen MR) is 60.7 cm³/mol. The van der Waals surface area contributed by atoms with Gasteiger partial charge in [-0.25, -0.2) is 0 Å². The minimum atomic E-state index is 0.0172. The normalized spacial score (nSPS) is 20.8. The topological polar surface area (TPSA) is 88.1 Å². The molecule has 2 rings (SSSR count). The second kappa shape index (κ2) is 4.44. The molecule has 1 aromatic rings. The number of morpholine rings is 1. The number of hydrogen-bond acceptors (Lipinski definition) is 5. The van der Waals surface area contributed by atoms with E-state index >= 15 is 0 Å². The fourth-order valence-corrected chi connectivity index (χ4v) is 1.79. The molecule has 0 spiro atoms. The van der Waals surface area contributed by atoms with E-state index in [1.165, 1.54) is 0 Å². The van der Waals surface area contributed by atoms with Crippen molar-refractivity contribution in [2.45, 2.75) is 13.0 Å². The summed E-state index contributed by atoms with van der Waals surface area (Å²) in [7, 11) is 0. The van der Waals surface area contributed by atoms with Crippen molar-refractivity contribution in [1.29, 1.82) is 5.41 Å². The molecule has 0 amide bonds. The van der Waals surface area contributed by atoms with Crippen molar-refractivity contribution in [3.63, 3.8) is 0 Å². The van der Waals surface area contributed by atoms with Gasteiger partial charge in [-0.3, -0.25) is 5.41 Å². The summed E-state index contributed by atoms with van der Waals surface area (Å²) in [5.74, 6) is 0.689. The van der Waals surface area contributed by atoms with Crippen molar-refractivity contribution < 1.29 is 4.74 Å². The number of hydrogen-bond donors (Lipinski definition) is 2. The molecule has 0 aliphatic carbocycles. The van der Waals surface area contributed by atoms with Crippen molar-refractivity contribution >= 4 is 11.7 Å². The lowest BCUT2D eigenvalue weighted by Gasteiger charge is -2.34. The minimum absolute atomic E-state index is 0.0172. The minimum Gasteiger partial charge on any atom is -0.384 e. The van der Waals surface area contributed by atoms with Gasteiger partial charge in [-0.2, -0.15) is 5.10 Å². The second-order valence-electron chi connectivity index (χ2n) is 3.80. The Balaban J connectivity index is 2.34. The Hall–Kier alpha value is -1.69. The average Bonchev–Trinajstić information content (AvgIpc) is 2.29. The summed E-state index contributed by atoms with van der Waals surface area (Å²) in [4.78, 5) is 2.08. The van der Waals surface area contributed by atoms with Gasteiger partial charge < -0.3 is 15.4 Å². The summed E-state index contributed by atoms with van der Waals surface area (Å²) in [5, 5.41) is 15.4. The van der Waals surface area contributed by atoms with Gasteiger partial charge in [0, 0.05) is 6.54 Å². The third-order valence-corrected chi connectivity index (χ3v) is 2.63. The van der Waals surface area contributed by atoms with Gasteiger partial charge in [0.05, 0.1) is 31.0 Å². The fourth-order valence-electron chi connectivity index (χ4n) is 1.79. The Morgan fingerprint density at radius 3 is 3.19 bits per heavy atom. The first-order chi connectivity index (χ1) is 7.70. The summed E-state index contributed by atoms with van der Waals surface area (Å²) in [5.41, 5.74) is 6.15. The molecule has 1 unspecified atom stereocenters. The van der Waals surface area contributed by atoms with Crippen molar-refractivity contribution in [2.24, 2.45) is 5.73 Å². The number of nitrogens with two attached hydrogens (primary N) is 1. The fraction of sp³-hybridized carbons (Fsp3) is 0.500. The molecule has 0 saturated carbocycles. The van der Waals surface area contributed by atoms with Crippen molar-refractivity contribution in [1.82, 2.24) is 10.2 Å². The van der Waals surface area contributed by atoms with E-state index in [-0.39, 0.29) is 11.9 Å². The lowest BCUT2D eigenvalue weighted by molar-refractivity contribution is 0.0984. The number of ether oxygens (including phenoxy) is 1. The largest absolute Gasteiger partial charge is 0.384 e. The molecular weight excluding hydrogens is 206 g/mol. The van der Waals surface area contributed by atoms with E-state index in [0.717, 1.165) is 6.54 Å². The Morgan fingerprint density at radius 2 is 2.50 bits per heavy atom. The molecule has 1 aliphatic heterocycles. The van der Waals surface area contributed by atoms with Crippen LogP contribution in [0.1, 0.15) is 12.5 Å². The maximum atomic E-state index is 7.51. The Kier molecular flexibility index (Phi) is 3.00. The summed E-state index contributed by atoms with van der Waals surface area (Å²) in [6.07, 6.45) is 1.55. The van der Waals surface area contributed by atoms with Crippen molar-refractivity contribution in [3.05, 3.63) is 17.8 Å². The highest BCUT2D eigenvalue weighted by molar-refractivity contribution is 5.99. The standard InChI is InChI=1S/C10H15N5O/c1-7-6-16-5-4-15(7)10-8(9(11)12)2-3-13-14-10/h2-3,7H,4-6H2,1H3,(H3,11,12). The number of rotatable bonds is 2. The first kappa shape index (κ1) is 10.8. The van der Waals surface area contributed by atoms with Gasteiger partial charge in [0.1, 0.15) is 5.84 Å². The highest BCUT2D eigenvalue weighted by atomic mass is 16.5. The van der Waals surface area contributed by atoms with Crippen LogP contribution in [0.15, 0.2) is 12.3 Å². The molecule has 16 heavy (non-hydrogen) atoms. The molecular formula is C10H15N5O. The van der Waals surface area contributed by atoms with Crippen molar-refractivity contribution in [3.8, 4) is 0 Å². The van der Waals surface area contributed by atoms with Gasteiger partial charge in [0.15, 0.2) is 5.82 Å². The summed E-state index contributed by atoms with van der Waals surface area (Å²) in [6.45, 7) is 4.13. The smallest absolute Gasteiger partial charge is 0.162 e. The van der Waals surface area contributed by atoms with Gasteiger partial charge >= 0.3 is 0 Å². The molecule has 86 valence electrons. The van der Waals surface area contributed by atoms with Crippen molar-refractivity contribution in [2.75, 3.05) is 24.7 Å². The second-order valence-corrected chi connectivity index (χ2v) is 3.80. The van der Waals surface area contributed by atoms with Crippen LogP contribution in [-0.4, -0.2) is 41.8 Å². The van der Waals surface area contributed by atoms with Gasteiger partial charge in [0.2, 0.25) is 0 Å². The van der Waals surface area contributed by atoms with Crippen LogP contribution in [0.4, 0.5) is 5.82 Å². The molecule has 1 saturated heterocycles. The number of nitrogen functional groups attached to an aromatic ring is 1. The Bertz CT molecular complexity index is 395. The van der Waals surface area contributed by atoms with Crippen LogP contribution in [0, 0.1) is 5.41 Å². The van der Waals surface area contributed by atoms with E-state index in [0.29, 0.717) is 24.6 Å². The lowest BCUT2D eigenvalue weighted by atomic mass is 10.2. The number of aromatic nitrogens is 2. The van der Waals surface area contributed by atoms with Crippen LogP contribution in [0.3, 0.4) is 0 Å². The van der Waals surface area contributed by atoms with Gasteiger partial charge in [-0.1, -0.05) is 0 Å². The number of nitrogens with one attached hydrogen (secondary N) is 1. The predicted octanol–water partition coefficient (Wildman–Crippen LogP) is -0.0142. The zero-order chi connectivity index (χ0) is 11.5. The first-order valence-corrected chi connectivity index (χ1v) is 5.20. The zero-order valence-corrected chi connectivity index (χ0v) is 9.18. The van der Waals surface area contributed by atoms with Crippen LogP contribution < -0.4 is 10.6 Å². The monoisotopic (exact) mass is 221 g/mol. The maximum absolute atomic E-state index is 7.51. The molecule has 1 fully saturated rings. The van der Waals surface area contributed by atoms with E-state index in [4.69, 9.17) is 15.9 Å². The Morgan fingerprint density at radius 1 is 1.69 bits per heavy atom. The summed E-state index contributed by atoms with van der Waals surface area (Å²) in [6, 6.07) is 1.94. The molecule has 6 nitrogen and oxygen atoms in total. The van der Waals surface area contributed by atoms with E-state index in [1.807, 2.05) is 0 Å².